The highest BCUT2D eigenvalue weighted by Crippen LogP contribution is 2.27. The fourth-order valence-electron chi connectivity index (χ4n) is 0.979. The maximum Gasteiger partial charge on any atom is 0.137 e. The molecule has 0 aliphatic rings. The molecule has 0 aliphatic carbocycles. The minimum absolute atomic E-state index is 0.496. The van der Waals surface area contributed by atoms with Crippen LogP contribution in [0.15, 0.2) is 18.2 Å². The normalized spacial score (nSPS) is 12.6. The number of rotatable bonds is 3. The van der Waals surface area contributed by atoms with E-state index in [0.717, 1.165) is 5.56 Å². The molecule has 1 aromatic carbocycles. The van der Waals surface area contributed by atoms with E-state index < -0.39 is 6.10 Å². The summed E-state index contributed by atoms with van der Waals surface area (Å²) in [7, 11) is 1.56. The van der Waals surface area contributed by atoms with Crippen molar-refractivity contribution in [3.63, 3.8) is 0 Å². The summed E-state index contributed by atoms with van der Waals surface area (Å²) in [4.78, 5) is 0. The molecule has 0 saturated heterocycles. The molecule has 0 amide bonds. The molecule has 4 heteroatoms. The lowest BCUT2D eigenvalue weighted by molar-refractivity contribution is 0.205. The number of hydrogen-bond donors (Lipinski definition) is 1. The Bertz CT molecular complexity index is 291. The molecule has 0 spiro atoms. The van der Waals surface area contributed by atoms with Crippen molar-refractivity contribution in [1.29, 1.82) is 0 Å². The van der Waals surface area contributed by atoms with Crippen LogP contribution in [0.4, 0.5) is 0 Å². The summed E-state index contributed by atoms with van der Waals surface area (Å²) in [5.41, 5.74) is 0.780. The van der Waals surface area contributed by atoms with Gasteiger partial charge >= 0.3 is 0 Å². The monoisotopic (exact) mass is 264 g/mol. The predicted molar refractivity (Wildman–Crippen MR) is 56.8 cm³/mol. The van der Waals surface area contributed by atoms with E-state index in [0.29, 0.717) is 16.1 Å². The lowest BCUT2D eigenvalue weighted by atomic mass is 10.1. The van der Waals surface area contributed by atoms with Gasteiger partial charge in [0.05, 0.1) is 18.2 Å². The van der Waals surface area contributed by atoms with E-state index in [-0.39, 0.29) is 0 Å². The zero-order valence-electron chi connectivity index (χ0n) is 7.13. The summed E-state index contributed by atoms with van der Waals surface area (Å²) in [6.45, 7) is 0. The van der Waals surface area contributed by atoms with Gasteiger partial charge in [-0.3, -0.25) is 0 Å². The molecule has 13 heavy (non-hydrogen) atoms. The van der Waals surface area contributed by atoms with Gasteiger partial charge in [0, 0.05) is 5.33 Å². The van der Waals surface area contributed by atoms with E-state index >= 15 is 0 Å². The minimum Gasteiger partial charge on any atom is -0.495 e. The second-order valence-electron chi connectivity index (χ2n) is 2.56. The van der Waals surface area contributed by atoms with Crippen molar-refractivity contribution >= 4 is 27.5 Å². The molecule has 1 rings (SSSR count). The van der Waals surface area contributed by atoms with Crippen molar-refractivity contribution in [2.45, 2.75) is 6.10 Å². The van der Waals surface area contributed by atoms with Gasteiger partial charge in [0.25, 0.3) is 0 Å². The first-order chi connectivity index (χ1) is 6.19. The first-order valence-corrected chi connectivity index (χ1v) is 5.26. The molecule has 1 aromatic rings. The lowest BCUT2D eigenvalue weighted by Gasteiger charge is -2.09. The maximum atomic E-state index is 9.47. The second-order valence-corrected chi connectivity index (χ2v) is 3.62. The Morgan fingerprint density at radius 2 is 2.31 bits per heavy atom. The third-order valence-corrected chi connectivity index (χ3v) is 2.62. The van der Waals surface area contributed by atoms with E-state index in [1.165, 1.54) is 0 Å². The van der Waals surface area contributed by atoms with Crippen molar-refractivity contribution < 1.29 is 9.84 Å². The van der Waals surface area contributed by atoms with E-state index in [2.05, 4.69) is 15.9 Å². The number of hydrogen-bond acceptors (Lipinski definition) is 2. The molecule has 72 valence electrons. The van der Waals surface area contributed by atoms with Crippen LogP contribution in [-0.2, 0) is 0 Å². The molecule has 0 bridgehead atoms. The Morgan fingerprint density at radius 3 is 2.77 bits per heavy atom. The second kappa shape index (κ2) is 4.84. The van der Waals surface area contributed by atoms with Crippen LogP contribution in [0.3, 0.4) is 0 Å². The first-order valence-electron chi connectivity index (χ1n) is 3.76. The number of aliphatic hydroxyl groups excluding tert-OH is 1. The standard InChI is InChI=1S/C9H10BrClO2/c1-13-9-3-2-6(4-7(9)11)8(12)5-10/h2-4,8,12H,5H2,1H3. The van der Waals surface area contributed by atoms with Gasteiger partial charge in [0.2, 0.25) is 0 Å². The van der Waals surface area contributed by atoms with Crippen molar-refractivity contribution in [1.82, 2.24) is 0 Å². The Balaban J connectivity index is 2.95. The Morgan fingerprint density at radius 1 is 1.62 bits per heavy atom. The third kappa shape index (κ3) is 2.59. The number of methoxy groups -OCH3 is 1. The van der Waals surface area contributed by atoms with E-state index in [1.807, 2.05) is 0 Å². The van der Waals surface area contributed by atoms with Gasteiger partial charge in [0.15, 0.2) is 0 Å². The van der Waals surface area contributed by atoms with Crippen LogP contribution in [0.2, 0.25) is 5.02 Å². The predicted octanol–water partition coefficient (Wildman–Crippen LogP) is 2.78. The molecule has 0 aromatic heterocycles. The van der Waals surface area contributed by atoms with Crippen LogP contribution in [0.1, 0.15) is 11.7 Å². The fourth-order valence-corrected chi connectivity index (χ4v) is 1.62. The van der Waals surface area contributed by atoms with Crippen molar-refractivity contribution in [3.05, 3.63) is 28.8 Å². The molecule has 1 N–H and O–H groups in total. The topological polar surface area (TPSA) is 29.5 Å². The molecule has 0 radical (unpaired) electrons. The molecule has 1 atom stereocenters. The van der Waals surface area contributed by atoms with Crippen LogP contribution in [0.5, 0.6) is 5.75 Å². The molecule has 2 nitrogen and oxygen atoms in total. The SMILES string of the molecule is COc1ccc(C(O)CBr)cc1Cl. The number of halogens is 2. The summed E-state index contributed by atoms with van der Waals surface area (Å²) < 4.78 is 4.99. The lowest BCUT2D eigenvalue weighted by Crippen LogP contribution is -1.98. The number of alkyl halides is 1. The van der Waals surface area contributed by atoms with Gasteiger partial charge in [-0.25, -0.2) is 0 Å². The number of benzene rings is 1. The smallest absolute Gasteiger partial charge is 0.137 e. The Hall–Kier alpha value is -0.250. The quantitative estimate of drug-likeness (QED) is 0.852. The average Bonchev–Trinajstić information content (AvgIpc) is 2.16. The molecular formula is C9H10BrClO2. The van der Waals surface area contributed by atoms with Crippen LogP contribution >= 0.6 is 27.5 Å². The zero-order chi connectivity index (χ0) is 9.84. The van der Waals surface area contributed by atoms with Gasteiger partial charge in [-0.15, -0.1) is 0 Å². The highest BCUT2D eigenvalue weighted by atomic mass is 79.9. The van der Waals surface area contributed by atoms with E-state index in [9.17, 15) is 5.11 Å². The van der Waals surface area contributed by atoms with Gasteiger partial charge < -0.3 is 9.84 Å². The van der Waals surface area contributed by atoms with E-state index in [1.54, 1.807) is 25.3 Å². The number of ether oxygens (including phenoxy) is 1. The van der Waals surface area contributed by atoms with Crippen LogP contribution in [0.25, 0.3) is 0 Å². The van der Waals surface area contributed by atoms with Gasteiger partial charge in [-0.2, -0.15) is 0 Å². The number of aliphatic hydroxyl groups is 1. The van der Waals surface area contributed by atoms with Gasteiger partial charge in [-0.05, 0) is 17.7 Å². The summed E-state index contributed by atoms with van der Waals surface area (Å²) in [5.74, 6) is 0.618. The molecule has 0 saturated carbocycles. The largest absolute Gasteiger partial charge is 0.495 e. The summed E-state index contributed by atoms with van der Waals surface area (Å²) in [6, 6.07) is 5.23. The molecule has 0 aliphatic heterocycles. The van der Waals surface area contributed by atoms with Crippen molar-refractivity contribution in [2.75, 3.05) is 12.4 Å². The first kappa shape index (κ1) is 10.8. The highest BCUT2D eigenvalue weighted by molar-refractivity contribution is 9.09. The Labute approximate surface area is 90.6 Å². The van der Waals surface area contributed by atoms with Crippen LogP contribution in [-0.4, -0.2) is 17.5 Å². The van der Waals surface area contributed by atoms with Gasteiger partial charge in [-0.1, -0.05) is 33.6 Å². The average molecular weight is 266 g/mol. The summed E-state index contributed by atoms with van der Waals surface area (Å²) in [6.07, 6.45) is -0.525. The Kier molecular flexibility index (Phi) is 4.03. The molecule has 0 fully saturated rings. The fraction of sp³-hybridized carbons (Fsp3) is 0.333. The molecular weight excluding hydrogens is 255 g/mol. The van der Waals surface area contributed by atoms with Crippen molar-refractivity contribution in [3.8, 4) is 5.75 Å². The highest BCUT2D eigenvalue weighted by Gasteiger charge is 2.08. The molecule has 0 heterocycles. The third-order valence-electron chi connectivity index (χ3n) is 1.71. The van der Waals surface area contributed by atoms with Gasteiger partial charge in [0.1, 0.15) is 5.75 Å². The maximum absolute atomic E-state index is 9.47. The van der Waals surface area contributed by atoms with Crippen LogP contribution < -0.4 is 4.74 Å². The summed E-state index contributed by atoms with van der Waals surface area (Å²) >= 11 is 9.07. The molecule has 1 unspecified atom stereocenters. The van der Waals surface area contributed by atoms with Crippen LogP contribution in [0, 0.1) is 0 Å². The van der Waals surface area contributed by atoms with Crippen molar-refractivity contribution in [2.24, 2.45) is 0 Å². The van der Waals surface area contributed by atoms with E-state index in [4.69, 9.17) is 16.3 Å². The minimum atomic E-state index is -0.525. The summed E-state index contributed by atoms with van der Waals surface area (Å²) in [5, 5.41) is 10.5. The zero-order valence-corrected chi connectivity index (χ0v) is 9.47.